The monoisotopic (exact) mass is 580 g/mol. The zero-order chi connectivity index (χ0) is 29.6. The largest absolute Gasteiger partial charge is 0.462 e. The second-order valence-corrected chi connectivity index (χ2v) is 12.3. The summed E-state index contributed by atoms with van der Waals surface area (Å²) in [6.07, 6.45) is 5.61. The molecule has 6 rings (SSSR count). The highest BCUT2D eigenvalue weighted by atomic mass is 19.2. The lowest BCUT2D eigenvalue weighted by Gasteiger charge is -2.42. The molecule has 1 spiro atoms. The van der Waals surface area contributed by atoms with Crippen LogP contribution in [0.2, 0.25) is 0 Å². The molecule has 0 unspecified atom stereocenters. The van der Waals surface area contributed by atoms with Crippen molar-refractivity contribution in [2.24, 2.45) is 5.41 Å². The summed E-state index contributed by atoms with van der Waals surface area (Å²) in [6, 6.07) is 4.82. The standard InChI is InChI=1S/C31H35F3N6O2/c1-19(32)29(41)40-11-10-39(17-22(40)6-8-35)28-24-5-7-31(14-20-12-25(33)26(34)13-21(20)15-31)16-27(24)36-30(37-28)42-18-23-4-3-9-38(23)2/h12-13,22-23H,1,3-7,9-11,14-18H2,2H3/t22-,23-/m0/s1. The van der Waals surface area contributed by atoms with Gasteiger partial charge in [-0.25, -0.2) is 13.2 Å². The van der Waals surface area contributed by atoms with Crippen molar-refractivity contribution >= 4 is 11.7 Å². The Morgan fingerprint density at radius 2 is 1.88 bits per heavy atom. The van der Waals surface area contributed by atoms with Crippen molar-refractivity contribution in [2.75, 3.05) is 44.7 Å². The molecule has 2 aliphatic carbocycles. The van der Waals surface area contributed by atoms with E-state index >= 15 is 0 Å². The second-order valence-electron chi connectivity index (χ2n) is 12.3. The number of aromatic nitrogens is 2. The lowest BCUT2D eigenvalue weighted by Crippen LogP contribution is -2.55. The van der Waals surface area contributed by atoms with Gasteiger partial charge in [0.15, 0.2) is 17.5 Å². The zero-order valence-corrected chi connectivity index (χ0v) is 23.8. The first kappa shape index (κ1) is 28.5. The van der Waals surface area contributed by atoms with Gasteiger partial charge in [-0.2, -0.15) is 15.2 Å². The fourth-order valence-corrected chi connectivity index (χ4v) is 7.30. The van der Waals surface area contributed by atoms with Crippen LogP contribution in [-0.4, -0.2) is 77.6 Å². The van der Waals surface area contributed by atoms with Crippen molar-refractivity contribution in [1.82, 2.24) is 19.8 Å². The van der Waals surface area contributed by atoms with E-state index < -0.39 is 29.4 Å². The third-order valence-corrected chi connectivity index (χ3v) is 9.55. The van der Waals surface area contributed by atoms with Crippen LogP contribution in [0.25, 0.3) is 0 Å². The van der Waals surface area contributed by atoms with Crippen molar-refractivity contribution in [3.63, 3.8) is 0 Å². The third-order valence-electron chi connectivity index (χ3n) is 9.55. The molecule has 1 aromatic carbocycles. The van der Waals surface area contributed by atoms with E-state index in [1.807, 2.05) is 4.90 Å². The summed E-state index contributed by atoms with van der Waals surface area (Å²) in [4.78, 5) is 27.9. The number of likely N-dealkylation sites (tertiary alicyclic amines) is 1. The van der Waals surface area contributed by atoms with Gasteiger partial charge in [0.1, 0.15) is 12.4 Å². The van der Waals surface area contributed by atoms with Gasteiger partial charge < -0.3 is 19.4 Å². The van der Waals surface area contributed by atoms with E-state index in [0.717, 1.165) is 48.2 Å². The first-order valence-corrected chi connectivity index (χ1v) is 14.6. The number of piperazine rings is 1. The van der Waals surface area contributed by atoms with Crippen LogP contribution >= 0.6 is 0 Å². The summed E-state index contributed by atoms with van der Waals surface area (Å²) in [6.45, 7) is 5.58. The van der Waals surface area contributed by atoms with Crippen molar-refractivity contribution in [1.29, 1.82) is 5.26 Å². The maximum Gasteiger partial charge on any atom is 0.318 e. The van der Waals surface area contributed by atoms with Gasteiger partial charge >= 0.3 is 6.01 Å². The topological polar surface area (TPSA) is 85.6 Å². The van der Waals surface area contributed by atoms with E-state index in [1.54, 1.807) is 0 Å². The average molecular weight is 581 g/mol. The van der Waals surface area contributed by atoms with Crippen molar-refractivity contribution in [3.8, 4) is 12.1 Å². The van der Waals surface area contributed by atoms with Crippen LogP contribution in [0.15, 0.2) is 24.5 Å². The van der Waals surface area contributed by atoms with Crippen molar-refractivity contribution in [2.45, 2.75) is 63.5 Å². The Bertz CT molecular complexity index is 1430. The molecule has 1 aromatic heterocycles. The predicted molar refractivity (Wildman–Crippen MR) is 150 cm³/mol. The maximum atomic E-state index is 14.0. The number of ether oxygens (including phenoxy) is 1. The molecule has 2 aliphatic heterocycles. The van der Waals surface area contributed by atoms with Crippen LogP contribution in [-0.2, 0) is 30.5 Å². The number of benzene rings is 1. The van der Waals surface area contributed by atoms with Gasteiger partial charge in [0, 0.05) is 31.2 Å². The van der Waals surface area contributed by atoms with E-state index in [1.165, 1.54) is 17.0 Å². The lowest BCUT2D eigenvalue weighted by atomic mass is 9.71. The van der Waals surface area contributed by atoms with Gasteiger partial charge in [0.2, 0.25) is 0 Å². The van der Waals surface area contributed by atoms with Crippen LogP contribution in [0, 0.1) is 28.4 Å². The smallest absolute Gasteiger partial charge is 0.318 e. The van der Waals surface area contributed by atoms with Gasteiger partial charge in [-0.3, -0.25) is 4.79 Å². The van der Waals surface area contributed by atoms with Crippen LogP contribution in [0.1, 0.15) is 48.1 Å². The number of likely N-dealkylation sites (N-methyl/N-ethyl adjacent to an activating group) is 1. The molecule has 2 aromatic rings. The maximum absolute atomic E-state index is 14.0. The van der Waals surface area contributed by atoms with Crippen molar-refractivity contribution < 1.29 is 22.7 Å². The minimum Gasteiger partial charge on any atom is -0.462 e. The van der Waals surface area contributed by atoms with Gasteiger partial charge in [0.05, 0.1) is 24.2 Å². The van der Waals surface area contributed by atoms with Gasteiger partial charge in [-0.05, 0) is 87.2 Å². The highest BCUT2D eigenvalue weighted by Gasteiger charge is 2.43. The molecule has 2 atom stereocenters. The molecule has 11 heteroatoms. The minimum atomic E-state index is -1.04. The molecular weight excluding hydrogens is 545 g/mol. The van der Waals surface area contributed by atoms with Crippen LogP contribution in [0.5, 0.6) is 6.01 Å². The normalized spacial score (nSPS) is 23.0. The fourth-order valence-electron chi connectivity index (χ4n) is 7.30. The summed E-state index contributed by atoms with van der Waals surface area (Å²) in [5.74, 6) is -2.76. The SMILES string of the molecule is C=C(F)C(=O)N1CCN(c2nc(OC[C@@H]3CCCN3C)nc3c2CCC2(Cc4cc(F)c(F)cc4C2)C3)C[C@@H]1CC#N. The Morgan fingerprint density at radius 1 is 1.14 bits per heavy atom. The molecular formula is C31H35F3N6O2. The highest BCUT2D eigenvalue weighted by molar-refractivity contribution is 5.91. The van der Waals surface area contributed by atoms with Gasteiger partial charge in [-0.1, -0.05) is 6.58 Å². The van der Waals surface area contributed by atoms with Gasteiger partial charge in [0.25, 0.3) is 5.91 Å². The van der Waals surface area contributed by atoms with Gasteiger partial charge in [-0.15, -0.1) is 0 Å². The van der Waals surface area contributed by atoms with E-state index in [-0.39, 0.29) is 30.4 Å². The number of nitrogens with zero attached hydrogens (tertiary/aromatic N) is 6. The summed E-state index contributed by atoms with van der Waals surface area (Å²) < 4.78 is 48.0. The first-order chi connectivity index (χ1) is 20.2. The van der Waals surface area contributed by atoms with Crippen LogP contribution in [0.4, 0.5) is 19.0 Å². The van der Waals surface area contributed by atoms with E-state index in [2.05, 4.69) is 24.6 Å². The molecule has 0 radical (unpaired) electrons. The van der Waals surface area contributed by atoms with Crippen molar-refractivity contribution in [3.05, 3.63) is 58.6 Å². The predicted octanol–water partition coefficient (Wildman–Crippen LogP) is 3.92. The minimum absolute atomic E-state index is 0.0503. The molecule has 2 saturated heterocycles. The molecule has 0 saturated carbocycles. The molecule has 0 N–H and O–H groups in total. The number of hydrogen-bond acceptors (Lipinski definition) is 7. The highest BCUT2D eigenvalue weighted by Crippen LogP contribution is 2.48. The number of rotatable bonds is 6. The number of halogens is 3. The molecule has 42 heavy (non-hydrogen) atoms. The Hall–Kier alpha value is -3.65. The Balaban J connectivity index is 1.31. The molecule has 4 aliphatic rings. The number of nitriles is 1. The molecule has 0 bridgehead atoms. The number of carbonyl (C=O) groups excluding carboxylic acids is 1. The van der Waals surface area contributed by atoms with E-state index in [0.29, 0.717) is 51.2 Å². The lowest BCUT2D eigenvalue weighted by molar-refractivity contribution is -0.131. The van der Waals surface area contributed by atoms with Crippen LogP contribution < -0.4 is 9.64 Å². The Kier molecular flexibility index (Phi) is 7.60. The summed E-state index contributed by atoms with van der Waals surface area (Å²) in [5, 5.41) is 9.45. The first-order valence-electron chi connectivity index (χ1n) is 14.6. The number of amides is 1. The Labute approximate surface area is 243 Å². The second kappa shape index (κ2) is 11.2. The fraction of sp³-hybridized carbons (Fsp3) is 0.548. The number of carbonyl (C=O) groups is 1. The molecule has 2 fully saturated rings. The number of fused-ring (bicyclic) bond motifs is 2. The summed E-state index contributed by atoms with van der Waals surface area (Å²) >= 11 is 0. The van der Waals surface area contributed by atoms with E-state index in [9.17, 15) is 23.2 Å². The van der Waals surface area contributed by atoms with E-state index in [4.69, 9.17) is 14.7 Å². The zero-order valence-electron chi connectivity index (χ0n) is 23.8. The molecule has 8 nitrogen and oxygen atoms in total. The molecule has 222 valence electrons. The number of anilines is 1. The number of hydrogen-bond donors (Lipinski definition) is 0. The quantitative estimate of drug-likeness (QED) is 0.479. The Morgan fingerprint density at radius 3 is 2.52 bits per heavy atom. The van der Waals surface area contributed by atoms with Crippen LogP contribution in [0.3, 0.4) is 0 Å². The average Bonchev–Trinajstić information content (AvgIpc) is 3.52. The third kappa shape index (κ3) is 5.33. The summed E-state index contributed by atoms with van der Waals surface area (Å²) in [5.41, 5.74) is 3.36. The molecule has 3 heterocycles. The summed E-state index contributed by atoms with van der Waals surface area (Å²) in [7, 11) is 2.08. The molecule has 1 amide bonds.